The Morgan fingerprint density at radius 3 is 2.30 bits per heavy atom. The fourth-order valence-electron chi connectivity index (χ4n) is 3.58. The Morgan fingerprint density at radius 1 is 0.909 bits per heavy atom. The molecule has 4 rings (SSSR count). The van der Waals surface area contributed by atoms with Gasteiger partial charge in [0.05, 0.1) is 0 Å². The Hall–Kier alpha value is -4.63. The van der Waals surface area contributed by atoms with Gasteiger partial charge in [-0.05, 0) is 29.8 Å². The highest BCUT2D eigenvalue weighted by atomic mass is 16.2. The minimum absolute atomic E-state index is 0.00238. The summed E-state index contributed by atoms with van der Waals surface area (Å²) in [6, 6.07) is 28.3. The van der Waals surface area contributed by atoms with Crippen molar-refractivity contribution < 1.29 is 9.59 Å². The Labute approximate surface area is 191 Å². The van der Waals surface area contributed by atoms with E-state index < -0.39 is 5.91 Å². The second kappa shape index (κ2) is 10.1. The molecule has 6 heteroatoms. The zero-order valence-corrected chi connectivity index (χ0v) is 17.9. The third kappa shape index (κ3) is 5.35. The van der Waals surface area contributed by atoms with Gasteiger partial charge in [-0.15, -0.1) is 0 Å². The average molecular weight is 434 g/mol. The number of benzene rings is 3. The van der Waals surface area contributed by atoms with Crippen LogP contribution < -0.4 is 10.6 Å². The zero-order valence-electron chi connectivity index (χ0n) is 17.9. The highest BCUT2D eigenvalue weighted by Crippen LogP contribution is 2.24. The molecule has 6 nitrogen and oxygen atoms in total. The predicted octanol–water partition coefficient (Wildman–Crippen LogP) is 4.50. The standard InChI is InChI=1S/C27H22N4O2/c28-16-21(27(33)29-17-20-9-3-1-4-10-20)15-22-18-31(25-14-8-7-13-24(22)25)19-26(32)30-23-11-5-2-6-12-23/h1-15,18H,17,19H2,(H,29,33)(H,30,32)/b21-15+. The summed E-state index contributed by atoms with van der Waals surface area (Å²) in [5.41, 5.74) is 3.21. The van der Waals surface area contributed by atoms with E-state index in [9.17, 15) is 14.9 Å². The van der Waals surface area contributed by atoms with E-state index in [0.29, 0.717) is 12.1 Å². The van der Waals surface area contributed by atoms with Crippen LogP contribution in [0.5, 0.6) is 0 Å². The van der Waals surface area contributed by atoms with Gasteiger partial charge in [0.25, 0.3) is 5.91 Å². The molecule has 0 atom stereocenters. The van der Waals surface area contributed by atoms with Crippen LogP contribution in [0.2, 0.25) is 0 Å². The van der Waals surface area contributed by atoms with Crippen LogP contribution >= 0.6 is 0 Å². The van der Waals surface area contributed by atoms with Crippen molar-refractivity contribution in [3.63, 3.8) is 0 Å². The van der Waals surface area contributed by atoms with Crippen LogP contribution in [0.3, 0.4) is 0 Å². The lowest BCUT2D eigenvalue weighted by Gasteiger charge is -2.07. The second-order valence-electron chi connectivity index (χ2n) is 7.48. The maximum atomic E-state index is 12.6. The molecular formula is C27H22N4O2. The van der Waals surface area contributed by atoms with E-state index in [1.807, 2.05) is 95.6 Å². The Balaban J connectivity index is 1.55. The number of para-hydroxylation sites is 2. The maximum absolute atomic E-state index is 12.6. The number of anilines is 1. The minimum Gasteiger partial charge on any atom is -0.347 e. The molecule has 0 unspecified atom stereocenters. The molecular weight excluding hydrogens is 412 g/mol. The number of amides is 2. The SMILES string of the molecule is N#C/C(=C\c1cn(CC(=O)Nc2ccccc2)c2ccccc12)C(=O)NCc1ccccc1. The first kappa shape index (κ1) is 21.6. The Kier molecular flexibility index (Phi) is 6.62. The molecule has 0 aliphatic carbocycles. The topological polar surface area (TPSA) is 86.9 Å². The summed E-state index contributed by atoms with van der Waals surface area (Å²) in [5.74, 6) is -0.612. The van der Waals surface area contributed by atoms with Crippen molar-refractivity contribution >= 4 is 34.5 Å². The van der Waals surface area contributed by atoms with Crippen molar-refractivity contribution in [2.45, 2.75) is 13.1 Å². The molecule has 0 radical (unpaired) electrons. The number of fused-ring (bicyclic) bond motifs is 1. The summed E-state index contributed by atoms with van der Waals surface area (Å²) in [7, 11) is 0. The molecule has 33 heavy (non-hydrogen) atoms. The molecule has 1 heterocycles. The number of aromatic nitrogens is 1. The first-order valence-electron chi connectivity index (χ1n) is 10.5. The van der Waals surface area contributed by atoms with Gasteiger partial charge in [0, 0.05) is 34.9 Å². The molecule has 0 saturated heterocycles. The molecule has 0 aliphatic rings. The number of rotatable bonds is 7. The summed E-state index contributed by atoms with van der Waals surface area (Å²) < 4.78 is 1.82. The van der Waals surface area contributed by atoms with Crippen molar-refractivity contribution in [2.75, 3.05) is 5.32 Å². The predicted molar refractivity (Wildman–Crippen MR) is 129 cm³/mol. The zero-order chi connectivity index (χ0) is 23.0. The number of hydrogen-bond donors (Lipinski definition) is 2. The van der Waals surface area contributed by atoms with Gasteiger partial charge in [-0.2, -0.15) is 5.26 Å². The van der Waals surface area contributed by atoms with E-state index >= 15 is 0 Å². The van der Waals surface area contributed by atoms with Gasteiger partial charge in [-0.1, -0.05) is 66.7 Å². The van der Waals surface area contributed by atoms with Crippen LogP contribution in [0.15, 0.2) is 96.7 Å². The molecule has 162 valence electrons. The molecule has 0 bridgehead atoms. The molecule has 2 N–H and O–H groups in total. The first-order valence-corrected chi connectivity index (χ1v) is 10.5. The molecule has 1 aromatic heterocycles. The van der Waals surface area contributed by atoms with Gasteiger partial charge >= 0.3 is 0 Å². The number of carbonyl (C=O) groups is 2. The minimum atomic E-state index is -0.444. The lowest BCUT2D eigenvalue weighted by molar-refractivity contribution is -0.117. The monoisotopic (exact) mass is 434 g/mol. The van der Waals surface area contributed by atoms with E-state index in [1.54, 1.807) is 12.3 Å². The van der Waals surface area contributed by atoms with Gasteiger partial charge in [-0.3, -0.25) is 9.59 Å². The van der Waals surface area contributed by atoms with Crippen LogP contribution in [0.4, 0.5) is 5.69 Å². The van der Waals surface area contributed by atoms with Crippen LogP contribution in [0.1, 0.15) is 11.1 Å². The van der Waals surface area contributed by atoms with Crippen LogP contribution in [0, 0.1) is 11.3 Å². The smallest absolute Gasteiger partial charge is 0.262 e. The third-order valence-corrected chi connectivity index (χ3v) is 5.15. The van der Waals surface area contributed by atoms with Gasteiger partial charge < -0.3 is 15.2 Å². The van der Waals surface area contributed by atoms with Gasteiger partial charge in [0.15, 0.2) is 0 Å². The summed E-state index contributed by atoms with van der Waals surface area (Å²) in [6.45, 7) is 0.436. The summed E-state index contributed by atoms with van der Waals surface area (Å²) in [4.78, 5) is 25.2. The van der Waals surface area contributed by atoms with Crippen LogP contribution in [-0.4, -0.2) is 16.4 Å². The van der Waals surface area contributed by atoms with Gasteiger partial charge in [-0.25, -0.2) is 0 Å². The summed E-state index contributed by atoms with van der Waals surface area (Å²) >= 11 is 0. The first-order chi connectivity index (χ1) is 16.1. The number of nitrogens with one attached hydrogen (secondary N) is 2. The molecule has 3 aromatic carbocycles. The second-order valence-corrected chi connectivity index (χ2v) is 7.48. The van der Waals surface area contributed by atoms with Crippen LogP contribution in [-0.2, 0) is 22.7 Å². The van der Waals surface area contributed by atoms with E-state index in [2.05, 4.69) is 10.6 Å². The van der Waals surface area contributed by atoms with Crippen molar-refractivity contribution in [3.05, 3.63) is 108 Å². The van der Waals surface area contributed by atoms with Crippen molar-refractivity contribution in [1.29, 1.82) is 5.26 Å². The Bertz CT molecular complexity index is 1350. The van der Waals surface area contributed by atoms with E-state index in [0.717, 1.165) is 22.2 Å². The fraction of sp³-hybridized carbons (Fsp3) is 0.0741. The lowest BCUT2D eigenvalue weighted by atomic mass is 10.1. The van der Waals surface area contributed by atoms with E-state index in [1.165, 1.54) is 0 Å². The molecule has 0 saturated carbocycles. The fourth-order valence-corrected chi connectivity index (χ4v) is 3.58. The summed E-state index contributed by atoms with van der Waals surface area (Å²) in [6.07, 6.45) is 3.35. The number of carbonyl (C=O) groups excluding carboxylic acids is 2. The average Bonchev–Trinajstić information content (AvgIpc) is 3.19. The normalized spacial score (nSPS) is 11.1. The number of nitrogens with zero attached hydrogens (tertiary/aromatic N) is 2. The molecule has 0 fully saturated rings. The number of nitriles is 1. The highest BCUT2D eigenvalue weighted by Gasteiger charge is 2.14. The Morgan fingerprint density at radius 2 is 1.58 bits per heavy atom. The van der Waals surface area contributed by atoms with Crippen LogP contribution in [0.25, 0.3) is 17.0 Å². The molecule has 2 amide bonds. The maximum Gasteiger partial charge on any atom is 0.262 e. The van der Waals surface area contributed by atoms with Gasteiger partial charge in [0.2, 0.25) is 5.91 Å². The lowest BCUT2D eigenvalue weighted by Crippen LogP contribution is -2.23. The number of hydrogen-bond acceptors (Lipinski definition) is 3. The van der Waals surface area contributed by atoms with Crippen molar-refractivity contribution in [2.24, 2.45) is 0 Å². The summed E-state index contributed by atoms with van der Waals surface area (Å²) in [5, 5.41) is 16.1. The third-order valence-electron chi connectivity index (χ3n) is 5.15. The quantitative estimate of drug-likeness (QED) is 0.332. The highest BCUT2D eigenvalue weighted by molar-refractivity contribution is 6.04. The van der Waals surface area contributed by atoms with E-state index in [-0.39, 0.29) is 18.0 Å². The van der Waals surface area contributed by atoms with E-state index in [4.69, 9.17) is 0 Å². The molecule has 0 aliphatic heterocycles. The van der Waals surface area contributed by atoms with Gasteiger partial charge in [0.1, 0.15) is 18.2 Å². The largest absolute Gasteiger partial charge is 0.347 e. The molecule has 4 aromatic rings. The van der Waals surface area contributed by atoms with Crippen molar-refractivity contribution in [3.8, 4) is 6.07 Å². The molecule has 0 spiro atoms. The van der Waals surface area contributed by atoms with Crippen molar-refractivity contribution in [1.82, 2.24) is 9.88 Å².